The highest BCUT2D eigenvalue weighted by atomic mass is 32.1. The van der Waals surface area contributed by atoms with Gasteiger partial charge in [-0.05, 0) is 36.8 Å². The molecule has 1 aromatic heterocycles. The van der Waals surface area contributed by atoms with Crippen LogP contribution in [0.25, 0.3) is 0 Å². The van der Waals surface area contributed by atoms with Crippen LogP contribution >= 0.6 is 11.3 Å². The number of urea groups is 1. The number of carboxylic acids is 1. The molecule has 1 aromatic rings. The highest BCUT2D eigenvalue weighted by molar-refractivity contribution is 7.10. The van der Waals surface area contributed by atoms with Crippen molar-refractivity contribution < 1.29 is 14.7 Å². The van der Waals surface area contributed by atoms with Gasteiger partial charge in [-0.2, -0.15) is 0 Å². The molecule has 0 bridgehead atoms. The molecule has 1 aliphatic carbocycles. The van der Waals surface area contributed by atoms with Crippen molar-refractivity contribution in [2.24, 2.45) is 0 Å². The van der Waals surface area contributed by atoms with Crippen molar-refractivity contribution >= 4 is 23.3 Å². The van der Waals surface area contributed by atoms with E-state index in [2.05, 4.69) is 5.32 Å². The summed E-state index contributed by atoms with van der Waals surface area (Å²) in [7, 11) is 0. The lowest BCUT2D eigenvalue weighted by atomic mass is 10.3. The Morgan fingerprint density at radius 3 is 2.79 bits per heavy atom. The van der Waals surface area contributed by atoms with Gasteiger partial charge in [-0.15, -0.1) is 11.3 Å². The molecule has 6 heteroatoms. The van der Waals surface area contributed by atoms with Gasteiger partial charge >= 0.3 is 12.0 Å². The number of carbonyl (C=O) groups excluding carboxylic acids is 1. The van der Waals surface area contributed by atoms with E-state index in [4.69, 9.17) is 5.11 Å². The van der Waals surface area contributed by atoms with Crippen LogP contribution in [-0.4, -0.2) is 34.6 Å². The first-order chi connectivity index (χ1) is 9.08. The van der Waals surface area contributed by atoms with Crippen molar-refractivity contribution in [2.45, 2.75) is 38.8 Å². The zero-order chi connectivity index (χ0) is 13.8. The molecule has 0 radical (unpaired) electrons. The zero-order valence-electron chi connectivity index (χ0n) is 10.9. The summed E-state index contributed by atoms with van der Waals surface area (Å²) in [4.78, 5) is 25.5. The Balaban J connectivity index is 1.85. The molecule has 0 spiro atoms. The van der Waals surface area contributed by atoms with E-state index < -0.39 is 5.97 Å². The van der Waals surface area contributed by atoms with Crippen LogP contribution in [0.2, 0.25) is 0 Å². The van der Waals surface area contributed by atoms with Crippen LogP contribution in [0.15, 0.2) is 11.4 Å². The quantitative estimate of drug-likeness (QED) is 0.840. The normalized spacial score (nSPS) is 14.2. The maximum atomic E-state index is 12.1. The maximum absolute atomic E-state index is 12.1. The van der Waals surface area contributed by atoms with Crippen LogP contribution in [0.3, 0.4) is 0 Å². The van der Waals surface area contributed by atoms with Crippen molar-refractivity contribution in [3.63, 3.8) is 0 Å². The van der Waals surface area contributed by atoms with Crippen LogP contribution in [-0.2, 0) is 11.3 Å². The number of aryl methyl sites for hydroxylation is 1. The van der Waals surface area contributed by atoms with Crippen LogP contribution in [0.4, 0.5) is 4.79 Å². The molecule has 1 saturated carbocycles. The fourth-order valence-electron chi connectivity index (χ4n) is 1.89. The summed E-state index contributed by atoms with van der Waals surface area (Å²) in [5.41, 5.74) is 1.17. The average molecular weight is 282 g/mol. The smallest absolute Gasteiger partial charge is 0.317 e. The summed E-state index contributed by atoms with van der Waals surface area (Å²) in [5.74, 6) is -0.868. The minimum absolute atomic E-state index is 0.00193. The maximum Gasteiger partial charge on any atom is 0.317 e. The summed E-state index contributed by atoms with van der Waals surface area (Å²) in [6.07, 6.45) is 1.96. The first kappa shape index (κ1) is 13.9. The van der Waals surface area contributed by atoms with Gasteiger partial charge in [0.1, 0.15) is 0 Å². The molecule has 2 rings (SSSR count). The number of thiophene rings is 1. The topological polar surface area (TPSA) is 69.6 Å². The fourth-order valence-corrected chi connectivity index (χ4v) is 2.74. The number of amides is 2. The third-order valence-corrected chi connectivity index (χ3v) is 4.21. The van der Waals surface area contributed by atoms with Crippen molar-refractivity contribution in [2.75, 3.05) is 6.54 Å². The number of rotatable bonds is 6. The molecule has 104 valence electrons. The van der Waals surface area contributed by atoms with Gasteiger partial charge in [0, 0.05) is 17.5 Å². The van der Waals surface area contributed by atoms with E-state index in [9.17, 15) is 9.59 Å². The second-order valence-electron chi connectivity index (χ2n) is 4.75. The Bertz CT molecular complexity index is 468. The minimum Gasteiger partial charge on any atom is -0.481 e. The number of aliphatic carboxylic acids is 1. The van der Waals surface area contributed by atoms with Gasteiger partial charge in [0.05, 0.1) is 13.0 Å². The number of hydrogen-bond donors (Lipinski definition) is 2. The van der Waals surface area contributed by atoms with Crippen molar-refractivity contribution in [3.8, 4) is 0 Å². The lowest BCUT2D eigenvalue weighted by Gasteiger charge is -2.22. The molecule has 1 heterocycles. The molecule has 0 aromatic carbocycles. The molecular formula is C13H18N2O3S. The lowest BCUT2D eigenvalue weighted by molar-refractivity contribution is -0.137. The minimum atomic E-state index is -0.868. The molecule has 19 heavy (non-hydrogen) atoms. The Labute approximate surface area is 116 Å². The monoisotopic (exact) mass is 282 g/mol. The SMILES string of the molecule is Cc1ccsc1CNC(=O)N(CCC(=O)O)C1CC1. The zero-order valence-corrected chi connectivity index (χ0v) is 11.7. The number of carbonyl (C=O) groups is 2. The second kappa shape index (κ2) is 6.06. The largest absolute Gasteiger partial charge is 0.481 e. The second-order valence-corrected chi connectivity index (χ2v) is 5.75. The number of hydrogen-bond acceptors (Lipinski definition) is 3. The van der Waals surface area contributed by atoms with Crippen LogP contribution in [0, 0.1) is 6.92 Å². The standard InChI is InChI=1S/C13H18N2O3S/c1-9-5-7-19-11(9)8-14-13(18)15(10-2-3-10)6-4-12(16)17/h5,7,10H,2-4,6,8H2,1H3,(H,14,18)(H,16,17). The molecule has 1 aliphatic rings. The molecule has 0 unspecified atom stereocenters. The summed E-state index contributed by atoms with van der Waals surface area (Å²) in [5, 5.41) is 13.6. The predicted molar refractivity (Wildman–Crippen MR) is 73.3 cm³/mol. The number of nitrogens with one attached hydrogen (secondary N) is 1. The number of carboxylic acid groups (broad SMARTS) is 1. The molecule has 1 fully saturated rings. The van der Waals surface area contributed by atoms with E-state index in [-0.39, 0.29) is 25.0 Å². The molecule has 0 aliphatic heterocycles. The van der Waals surface area contributed by atoms with E-state index in [1.807, 2.05) is 18.4 Å². The van der Waals surface area contributed by atoms with Crippen LogP contribution < -0.4 is 5.32 Å². The van der Waals surface area contributed by atoms with E-state index in [1.165, 1.54) is 5.56 Å². The third-order valence-electron chi connectivity index (χ3n) is 3.18. The highest BCUT2D eigenvalue weighted by Gasteiger charge is 2.32. The Hall–Kier alpha value is -1.56. The summed E-state index contributed by atoms with van der Waals surface area (Å²) in [6, 6.07) is 2.09. The molecule has 0 atom stereocenters. The van der Waals surface area contributed by atoms with Crippen LogP contribution in [0.1, 0.15) is 29.7 Å². The fraction of sp³-hybridized carbons (Fsp3) is 0.538. The van der Waals surface area contributed by atoms with Crippen molar-refractivity contribution in [3.05, 3.63) is 21.9 Å². The van der Waals surface area contributed by atoms with E-state index >= 15 is 0 Å². The van der Waals surface area contributed by atoms with Crippen molar-refractivity contribution in [1.29, 1.82) is 0 Å². The van der Waals surface area contributed by atoms with Gasteiger partial charge in [0.25, 0.3) is 0 Å². The van der Waals surface area contributed by atoms with Gasteiger partial charge in [-0.3, -0.25) is 4.79 Å². The Morgan fingerprint density at radius 2 is 2.26 bits per heavy atom. The molecule has 5 nitrogen and oxygen atoms in total. The van der Waals surface area contributed by atoms with Crippen molar-refractivity contribution in [1.82, 2.24) is 10.2 Å². The Morgan fingerprint density at radius 1 is 1.53 bits per heavy atom. The van der Waals surface area contributed by atoms with Gasteiger partial charge in [-0.1, -0.05) is 0 Å². The highest BCUT2D eigenvalue weighted by Crippen LogP contribution is 2.27. The van der Waals surface area contributed by atoms with Crippen LogP contribution in [0.5, 0.6) is 0 Å². The van der Waals surface area contributed by atoms with E-state index in [1.54, 1.807) is 16.2 Å². The first-order valence-corrected chi connectivity index (χ1v) is 7.25. The lowest BCUT2D eigenvalue weighted by Crippen LogP contribution is -2.42. The first-order valence-electron chi connectivity index (χ1n) is 6.37. The third kappa shape index (κ3) is 3.96. The molecule has 0 saturated heterocycles. The summed E-state index contributed by atoms with van der Waals surface area (Å²) >= 11 is 1.62. The van der Waals surface area contributed by atoms with Gasteiger partial charge < -0.3 is 15.3 Å². The molecular weight excluding hydrogens is 264 g/mol. The molecule has 2 amide bonds. The summed E-state index contributed by atoms with van der Waals surface area (Å²) < 4.78 is 0. The summed E-state index contributed by atoms with van der Waals surface area (Å²) in [6.45, 7) is 2.81. The van der Waals surface area contributed by atoms with E-state index in [0.29, 0.717) is 6.54 Å². The van der Waals surface area contributed by atoms with Gasteiger partial charge in [-0.25, -0.2) is 4.79 Å². The van der Waals surface area contributed by atoms with E-state index in [0.717, 1.165) is 17.7 Å². The predicted octanol–water partition coefficient (Wildman–Crippen LogP) is 2.21. The number of nitrogens with zero attached hydrogens (tertiary/aromatic N) is 1. The average Bonchev–Trinajstić information content (AvgIpc) is 3.10. The van der Waals surface area contributed by atoms with Gasteiger partial charge in [0.15, 0.2) is 0 Å². The Kier molecular flexibility index (Phi) is 4.42. The molecule has 2 N–H and O–H groups in total. The van der Waals surface area contributed by atoms with Gasteiger partial charge in [0.2, 0.25) is 0 Å².